The molecule has 0 saturated heterocycles. The molecule has 94 valence electrons. The van der Waals surface area contributed by atoms with Gasteiger partial charge in [-0.25, -0.2) is 0 Å². The Balaban J connectivity index is 1.71. The van der Waals surface area contributed by atoms with E-state index in [1.165, 1.54) is 49.7 Å². The van der Waals surface area contributed by atoms with E-state index < -0.39 is 0 Å². The highest BCUT2D eigenvalue weighted by atomic mass is 14.4. The van der Waals surface area contributed by atoms with Gasteiger partial charge in [0, 0.05) is 0 Å². The molecular weight excluding hydrogens is 204 g/mol. The van der Waals surface area contributed by atoms with E-state index in [0.29, 0.717) is 5.41 Å². The topological polar surface area (TPSA) is 0 Å². The van der Waals surface area contributed by atoms with Crippen molar-refractivity contribution in [3.63, 3.8) is 0 Å². The Morgan fingerprint density at radius 1 is 1.18 bits per heavy atom. The van der Waals surface area contributed by atoms with Crippen LogP contribution in [0.1, 0.15) is 57.1 Å². The lowest BCUT2D eigenvalue weighted by atomic mass is 9.89. The van der Waals surface area contributed by atoms with Gasteiger partial charge in [0.05, 0.1) is 0 Å². The lowest BCUT2D eigenvalue weighted by Crippen LogP contribution is -2.05. The van der Waals surface area contributed by atoms with Gasteiger partial charge in [-0.05, 0) is 55.9 Å². The molecule has 1 aromatic carbocycles. The molecule has 0 aromatic heterocycles. The summed E-state index contributed by atoms with van der Waals surface area (Å²) in [7, 11) is 0. The van der Waals surface area contributed by atoms with Gasteiger partial charge in [-0.3, -0.25) is 0 Å². The summed E-state index contributed by atoms with van der Waals surface area (Å²) < 4.78 is 0. The average molecular weight is 230 g/mol. The zero-order valence-corrected chi connectivity index (χ0v) is 11.6. The summed E-state index contributed by atoms with van der Waals surface area (Å²) in [6.45, 7) is 7.00. The van der Waals surface area contributed by atoms with E-state index >= 15 is 0 Å². The first kappa shape index (κ1) is 12.7. The largest absolute Gasteiger partial charge is 0.0599 e. The molecule has 0 bridgehead atoms. The van der Waals surface area contributed by atoms with Gasteiger partial charge >= 0.3 is 0 Å². The Labute approximate surface area is 106 Å². The summed E-state index contributed by atoms with van der Waals surface area (Å²) in [5.41, 5.74) is 3.49. The van der Waals surface area contributed by atoms with Crippen molar-refractivity contribution < 1.29 is 0 Å². The van der Waals surface area contributed by atoms with Crippen LogP contribution in [0.4, 0.5) is 0 Å². The van der Waals surface area contributed by atoms with Gasteiger partial charge in [-0.15, -0.1) is 0 Å². The van der Waals surface area contributed by atoms with Gasteiger partial charge in [0.2, 0.25) is 0 Å². The molecule has 2 rings (SSSR count). The van der Waals surface area contributed by atoms with Crippen LogP contribution in [-0.4, -0.2) is 0 Å². The Bertz CT molecular complexity index is 345. The third-order valence-corrected chi connectivity index (χ3v) is 4.27. The van der Waals surface area contributed by atoms with E-state index in [1.807, 2.05) is 0 Å². The zero-order valence-electron chi connectivity index (χ0n) is 11.6. The lowest BCUT2D eigenvalue weighted by Gasteiger charge is -2.17. The summed E-state index contributed by atoms with van der Waals surface area (Å²) in [5.74, 6) is 0.996. The summed E-state index contributed by atoms with van der Waals surface area (Å²) in [6, 6.07) is 9.03. The minimum Gasteiger partial charge on any atom is -0.0599 e. The number of hydrogen-bond donors (Lipinski definition) is 0. The second-order valence-electron chi connectivity index (χ2n) is 6.65. The van der Waals surface area contributed by atoms with Crippen LogP contribution in [0, 0.1) is 18.3 Å². The second-order valence-corrected chi connectivity index (χ2v) is 6.65. The number of hydrogen-bond acceptors (Lipinski definition) is 0. The summed E-state index contributed by atoms with van der Waals surface area (Å²) in [4.78, 5) is 0. The van der Waals surface area contributed by atoms with Gasteiger partial charge in [-0.2, -0.15) is 0 Å². The molecule has 1 aromatic rings. The van der Waals surface area contributed by atoms with E-state index in [2.05, 4.69) is 45.0 Å². The predicted molar refractivity (Wildman–Crippen MR) is 75.2 cm³/mol. The van der Waals surface area contributed by atoms with Crippen LogP contribution in [0.25, 0.3) is 0 Å². The van der Waals surface area contributed by atoms with E-state index in [9.17, 15) is 0 Å². The zero-order chi connectivity index (χ0) is 12.3. The molecule has 0 N–H and O–H groups in total. The molecule has 1 saturated carbocycles. The predicted octanol–water partition coefficient (Wildman–Crippen LogP) is 5.14. The molecule has 0 heterocycles. The SMILES string of the molecule is Cc1ccc(CCCC2CCC(C)(C)C2)cc1. The molecule has 1 aliphatic carbocycles. The maximum Gasteiger partial charge on any atom is -0.0279 e. The van der Waals surface area contributed by atoms with Crippen LogP contribution in [0.3, 0.4) is 0 Å². The minimum absolute atomic E-state index is 0.620. The normalized spacial score (nSPS) is 22.9. The maximum atomic E-state index is 2.42. The van der Waals surface area contributed by atoms with Crippen molar-refractivity contribution >= 4 is 0 Å². The molecule has 1 fully saturated rings. The van der Waals surface area contributed by atoms with Gasteiger partial charge < -0.3 is 0 Å². The van der Waals surface area contributed by atoms with E-state index in [1.54, 1.807) is 0 Å². The molecule has 1 aliphatic rings. The fraction of sp³-hybridized carbons (Fsp3) is 0.647. The summed E-state index contributed by atoms with van der Waals surface area (Å²) in [6.07, 6.45) is 8.39. The Hall–Kier alpha value is -0.780. The van der Waals surface area contributed by atoms with Crippen LogP contribution >= 0.6 is 0 Å². The Kier molecular flexibility index (Phi) is 3.91. The minimum atomic E-state index is 0.620. The highest BCUT2D eigenvalue weighted by molar-refractivity contribution is 5.21. The molecule has 0 radical (unpaired) electrons. The van der Waals surface area contributed by atoms with Crippen LogP contribution in [0.2, 0.25) is 0 Å². The van der Waals surface area contributed by atoms with Crippen molar-refractivity contribution in [2.75, 3.05) is 0 Å². The smallest absolute Gasteiger partial charge is 0.0279 e. The Morgan fingerprint density at radius 2 is 1.88 bits per heavy atom. The fourth-order valence-electron chi connectivity index (χ4n) is 3.18. The summed E-state index contributed by atoms with van der Waals surface area (Å²) in [5, 5.41) is 0. The van der Waals surface area contributed by atoms with Crippen molar-refractivity contribution in [3.8, 4) is 0 Å². The van der Waals surface area contributed by atoms with E-state index in [-0.39, 0.29) is 0 Å². The summed E-state index contributed by atoms with van der Waals surface area (Å²) >= 11 is 0. The van der Waals surface area contributed by atoms with Crippen LogP contribution in [0.15, 0.2) is 24.3 Å². The molecular formula is C17H26. The standard InChI is InChI=1S/C17H26/c1-14-7-9-15(10-8-14)5-4-6-16-11-12-17(2,3)13-16/h7-10,16H,4-6,11-13H2,1-3H3. The van der Waals surface area contributed by atoms with E-state index in [4.69, 9.17) is 0 Å². The van der Waals surface area contributed by atoms with Crippen molar-refractivity contribution in [2.45, 2.75) is 59.3 Å². The number of rotatable bonds is 4. The number of aryl methyl sites for hydroxylation is 2. The highest BCUT2D eigenvalue weighted by Crippen LogP contribution is 2.42. The average Bonchev–Trinajstić information content (AvgIpc) is 2.61. The van der Waals surface area contributed by atoms with E-state index in [0.717, 1.165) is 5.92 Å². The van der Waals surface area contributed by atoms with Crippen molar-refractivity contribution in [1.82, 2.24) is 0 Å². The lowest BCUT2D eigenvalue weighted by molar-refractivity contribution is 0.351. The monoisotopic (exact) mass is 230 g/mol. The maximum absolute atomic E-state index is 2.42. The molecule has 0 heteroatoms. The number of benzene rings is 1. The third kappa shape index (κ3) is 3.87. The molecule has 0 nitrogen and oxygen atoms in total. The van der Waals surface area contributed by atoms with Crippen LogP contribution in [-0.2, 0) is 6.42 Å². The first-order chi connectivity index (χ1) is 8.05. The molecule has 1 atom stereocenters. The van der Waals surface area contributed by atoms with Gasteiger partial charge in [0.25, 0.3) is 0 Å². The highest BCUT2D eigenvalue weighted by Gasteiger charge is 2.30. The van der Waals surface area contributed by atoms with Crippen LogP contribution in [0.5, 0.6) is 0 Å². The first-order valence-corrected chi connectivity index (χ1v) is 7.11. The van der Waals surface area contributed by atoms with Gasteiger partial charge in [0.15, 0.2) is 0 Å². The molecule has 1 unspecified atom stereocenters. The molecule has 0 spiro atoms. The van der Waals surface area contributed by atoms with Crippen LogP contribution < -0.4 is 0 Å². The fourth-order valence-corrected chi connectivity index (χ4v) is 3.18. The molecule has 0 amide bonds. The van der Waals surface area contributed by atoms with Crippen molar-refractivity contribution in [2.24, 2.45) is 11.3 Å². The first-order valence-electron chi connectivity index (χ1n) is 7.11. The Morgan fingerprint density at radius 3 is 2.47 bits per heavy atom. The molecule has 17 heavy (non-hydrogen) atoms. The third-order valence-electron chi connectivity index (χ3n) is 4.27. The van der Waals surface area contributed by atoms with Crippen molar-refractivity contribution in [1.29, 1.82) is 0 Å². The van der Waals surface area contributed by atoms with Gasteiger partial charge in [0.1, 0.15) is 0 Å². The van der Waals surface area contributed by atoms with Crippen molar-refractivity contribution in [3.05, 3.63) is 35.4 Å². The van der Waals surface area contributed by atoms with Gasteiger partial charge in [-0.1, -0.05) is 50.1 Å². The molecule has 0 aliphatic heterocycles. The second kappa shape index (κ2) is 5.25. The quantitative estimate of drug-likeness (QED) is 0.671.